The standard InChI is InChI=1S/C20H18FN7O/c21-12-3-4-15-13(7-12)14(8-16(27-15)11-1-2-11)20(29)23-5-6-28-10-26-17-18(22)24-9-25-19(17)28/h3-4,7-11H,1-2,5-6H2,(H,23,29)(H2,22,24,25). The summed E-state index contributed by atoms with van der Waals surface area (Å²) < 4.78 is 15.6. The van der Waals surface area contributed by atoms with Gasteiger partial charge in [0.25, 0.3) is 5.91 Å². The van der Waals surface area contributed by atoms with Gasteiger partial charge in [0.05, 0.1) is 17.4 Å². The summed E-state index contributed by atoms with van der Waals surface area (Å²) in [7, 11) is 0. The van der Waals surface area contributed by atoms with Gasteiger partial charge in [0.1, 0.15) is 17.7 Å². The van der Waals surface area contributed by atoms with E-state index in [-0.39, 0.29) is 5.91 Å². The molecule has 1 aliphatic rings. The third-order valence-corrected chi connectivity index (χ3v) is 5.10. The maximum absolute atomic E-state index is 13.8. The van der Waals surface area contributed by atoms with Crippen LogP contribution in [0.2, 0.25) is 0 Å². The van der Waals surface area contributed by atoms with Crippen molar-refractivity contribution in [2.24, 2.45) is 0 Å². The third kappa shape index (κ3) is 3.24. The van der Waals surface area contributed by atoms with E-state index in [2.05, 4.69) is 25.3 Å². The Morgan fingerprint density at radius 1 is 1.24 bits per heavy atom. The van der Waals surface area contributed by atoms with Crippen molar-refractivity contribution in [3.63, 3.8) is 0 Å². The predicted molar refractivity (Wildman–Crippen MR) is 106 cm³/mol. The number of nitrogens with zero attached hydrogens (tertiary/aromatic N) is 5. The molecule has 4 aromatic rings. The summed E-state index contributed by atoms with van der Waals surface area (Å²) >= 11 is 0. The number of carbonyl (C=O) groups is 1. The minimum absolute atomic E-state index is 0.261. The molecule has 0 atom stereocenters. The summed E-state index contributed by atoms with van der Waals surface area (Å²) in [6.07, 6.45) is 5.13. The molecule has 146 valence electrons. The number of carbonyl (C=O) groups excluding carboxylic acids is 1. The minimum atomic E-state index is -0.394. The molecule has 1 aliphatic carbocycles. The molecule has 3 heterocycles. The van der Waals surface area contributed by atoms with Crippen molar-refractivity contribution >= 4 is 33.8 Å². The number of aromatic nitrogens is 5. The summed E-state index contributed by atoms with van der Waals surface area (Å²) in [5, 5.41) is 3.42. The number of nitrogens with two attached hydrogens (primary N) is 1. The first kappa shape index (κ1) is 17.5. The fourth-order valence-corrected chi connectivity index (χ4v) is 3.44. The molecule has 0 saturated heterocycles. The van der Waals surface area contributed by atoms with Crippen LogP contribution in [0.5, 0.6) is 0 Å². The number of benzene rings is 1. The van der Waals surface area contributed by atoms with E-state index < -0.39 is 5.82 Å². The Labute approximate surface area is 165 Å². The highest BCUT2D eigenvalue weighted by Crippen LogP contribution is 2.40. The largest absolute Gasteiger partial charge is 0.382 e. The number of nitrogens with one attached hydrogen (secondary N) is 1. The molecule has 0 spiro atoms. The van der Waals surface area contributed by atoms with Gasteiger partial charge in [-0.15, -0.1) is 0 Å². The molecule has 0 aliphatic heterocycles. The fourth-order valence-electron chi connectivity index (χ4n) is 3.44. The van der Waals surface area contributed by atoms with Crippen LogP contribution in [-0.2, 0) is 6.54 Å². The van der Waals surface area contributed by atoms with Crippen LogP contribution in [-0.4, -0.2) is 37.0 Å². The first-order valence-electron chi connectivity index (χ1n) is 9.40. The van der Waals surface area contributed by atoms with Gasteiger partial charge >= 0.3 is 0 Å². The van der Waals surface area contributed by atoms with E-state index in [1.54, 1.807) is 23.0 Å². The molecule has 8 nitrogen and oxygen atoms in total. The summed E-state index contributed by atoms with van der Waals surface area (Å²) in [5.74, 6) is 0.0484. The lowest BCUT2D eigenvalue weighted by Crippen LogP contribution is -2.27. The summed E-state index contributed by atoms with van der Waals surface area (Å²) in [5.41, 5.74) is 8.91. The zero-order chi connectivity index (χ0) is 20.0. The van der Waals surface area contributed by atoms with Crippen molar-refractivity contribution in [3.05, 3.63) is 54.0 Å². The van der Waals surface area contributed by atoms with Gasteiger partial charge in [-0.2, -0.15) is 0 Å². The Morgan fingerprint density at radius 2 is 2.10 bits per heavy atom. The second-order valence-electron chi connectivity index (χ2n) is 7.16. The monoisotopic (exact) mass is 391 g/mol. The maximum Gasteiger partial charge on any atom is 0.252 e. The van der Waals surface area contributed by atoms with Gasteiger partial charge < -0.3 is 15.6 Å². The molecule has 1 saturated carbocycles. The number of halogens is 1. The predicted octanol–water partition coefficient (Wildman–Crippen LogP) is 2.40. The highest BCUT2D eigenvalue weighted by Gasteiger charge is 2.27. The third-order valence-electron chi connectivity index (χ3n) is 5.10. The average molecular weight is 391 g/mol. The number of hydrogen-bond donors (Lipinski definition) is 2. The molecule has 1 aromatic carbocycles. The Morgan fingerprint density at radius 3 is 2.93 bits per heavy atom. The van der Waals surface area contributed by atoms with Crippen LogP contribution in [0.25, 0.3) is 22.1 Å². The van der Waals surface area contributed by atoms with E-state index in [0.717, 1.165) is 18.5 Å². The van der Waals surface area contributed by atoms with Crippen molar-refractivity contribution < 1.29 is 9.18 Å². The Balaban J connectivity index is 1.38. The maximum atomic E-state index is 13.8. The number of hydrogen-bond acceptors (Lipinski definition) is 6. The first-order chi connectivity index (χ1) is 14.1. The molecule has 29 heavy (non-hydrogen) atoms. The smallest absolute Gasteiger partial charge is 0.252 e. The van der Waals surface area contributed by atoms with Crippen LogP contribution in [0.3, 0.4) is 0 Å². The van der Waals surface area contributed by atoms with E-state index in [0.29, 0.717) is 52.5 Å². The number of pyridine rings is 1. The molecular weight excluding hydrogens is 373 g/mol. The molecule has 0 radical (unpaired) electrons. The highest BCUT2D eigenvalue weighted by molar-refractivity contribution is 6.06. The average Bonchev–Trinajstić information content (AvgIpc) is 3.48. The van der Waals surface area contributed by atoms with Gasteiger partial charge in [-0.3, -0.25) is 9.78 Å². The number of nitrogen functional groups attached to an aromatic ring is 1. The van der Waals surface area contributed by atoms with E-state index >= 15 is 0 Å². The molecule has 3 N–H and O–H groups in total. The first-order valence-corrected chi connectivity index (χ1v) is 9.40. The Kier molecular flexibility index (Phi) is 4.08. The number of fused-ring (bicyclic) bond motifs is 2. The zero-order valence-electron chi connectivity index (χ0n) is 15.5. The van der Waals surface area contributed by atoms with Crippen molar-refractivity contribution in [2.75, 3.05) is 12.3 Å². The molecule has 9 heteroatoms. The molecule has 5 rings (SSSR count). The van der Waals surface area contributed by atoms with Gasteiger partial charge in [0.15, 0.2) is 11.5 Å². The molecule has 3 aromatic heterocycles. The molecular formula is C20H18FN7O. The number of imidazole rings is 1. The van der Waals surface area contributed by atoms with Crippen molar-refractivity contribution in [3.8, 4) is 0 Å². The molecule has 0 unspecified atom stereocenters. The van der Waals surface area contributed by atoms with Crippen LogP contribution in [0.4, 0.5) is 10.2 Å². The fraction of sp³-hybridized carbons (Fsp3) is 0.250. The second kappa shape index (κ2) is 6.77. The molecule has 1 amide bonds. The van der Waals surface area contributed by atoms with E-state index in [1.165, 1.54) is 18.5 Å². The lowest BCUT2D eigenvalue weighted by molar-refractivity contribution is 0.0954. The van der Waals surface area contributed by atoms with Gasteiger partial charge in [0, 0.05) is 30.1 Å². The van der Waals surface area contributed by atoms with Gasteiger partial charge in [0.2, 0.25) is 0 Å². The van der Waals surface area contributed by atoms with Gasteiger partial charge in [-0.05, 0) is 37.1 Å². The van der Waals surface area contributed by atoms with E-state index in [4.69, 9.17) is 5.73 Å². The van der Waals surface area contributed by atoms with Gasteiger partial charge in [-0.25, -0.2) is 19.3 Å². The normalized spacial score (nSPS) is 13.8. The lowest BCUT2D eigenvalue weighted by atomic mass is 10.1. The Hall–Kier alpha value is -3.62. The highest BCUT2D eigenvalue weighted by atomic mass is 19.1. The summed E-state index contributed by atoms with van der Waals surface area (Å²) in [4.78, 5) is 29.8. The number of amides is 1. The quantitative estimate of drug-likeness (QED) is 0.540. The van der Waals surface area contributed by atoms with E-state index in [1.807, 2.05) is 0 Å². The number of anilines is 1. The summed E-state index contributed by atoms with van der Waals surface area (Å²) in [6, 6.07) is 6.13. The van der Waals surface area contributed by atoms with Gasteiger partial charge in [-0.1, -0.05) is 0 Å². The molecule has 1 fully saturated rings. The van der Waals surface area contributed by atoms with Crippen LogP contribution in [0.1, 0.15) is 34.8 Å². The molecule has 0 bridgehead atoms. The zero-order valence-corrected chi connectivity index (χ0v) is 15.5. The van der Waals surface area contributed by atoms with Crippen LogP contribution in [0.15, 0.2) is 36.9 Å². The van der Waals surface area contributed by atoms with Crippen molar-refractivity contribution in [2.45, 2.75) is 25.3 Å². The van der Waals surface area contributed by atoms with Crippen LogP contribution >= 0.6 is 0 Å². The number of rotatable bonds is 5. The SMILES string of the molecule is Nc1ncnc2c1ncn2CCNC(=O)c1cc(C2CC2)nc2ccc(F)cc12. The van der Waals surface area contributed by atoms with Crippen LogP contribution < -0.4 is 11.1 Å². The minimum Gasteiger partial charge on any atom is -0.382 e. The summed E-state index contributed by atoms with van der Waals surface area (Å²) in [6.45, 7) is 0.817. The second-order valence-corrected chi connectivity index (χ2v) is 7.16. The van der Waals surface area contributed by atoms with Crippen molar-refractivity contribution in [1.82, 2.24) is 29.8 Å². The topological polar surface area (TPSA) is 112 Å². The van der Waals surface area contributed by atoms with Crippen molar-refractivity contribution in [1.29, 1.82) is 0 Å². The van der Waals surface area contributed by atoms with E-state index in [9.17, 15) is 9.18 Å². The lowest BCUT2D eigenvalue weighted by Gasteiger charge is -2.11. The van der Waals surface area contributed by atoms with Crippen LogP contribution in [0, 0.1) is 5.82 Å². The Bertz CT molecular complexity index is 1250.